The highest BCUT2D eigenvalue weighted by atomic mass is 16.5. The van der Waals surface area contributed by atoms with E-state index in [1.807, 2.05) is 31.3 Å². The minimum Gasteiger partial charge on any atom is -0.497 e. The second kappa shape index (κ2) is 4.91. The molecule has 2 rings (SSSR count). The van der Waals surface area contributed by atoms with Crippen LogP contribution in [0, 0.1) is 0 Å². The molecule has 0 aliphatic carbocycles. The number of benzene rings is 1. The molecular formula is C13H14N2O3. The van der Waals surface area contributed by atoms with Gasteiger partial charge in [-0.1, -0.05) is 0 Å². The molecule has 0 fully saturated rings. The van der Waals surface area contributed by atoms with Crippen LogP contribution in [0.3, 0.4) is 0 Å². The third kappa shape index (κ3) is 2.34. The number of carboxylic acid groups (broad SMARTS) is 1. The molecule has 5 nitrogen and oxygen atoms in total. The van der Waals surface area contributed by atoms with Crippen LogP contribution in [0.15, 0.2) is 30.5 Å². The summed E-state index contributed by atoms with van der Waals surface area (Å²) < 4.78 is 6.88. The monoisotopic (exact) mass is 246 g/mol. The Kier molecular flexibility index (Phi) is 3.32. The number of hydrogen-bond donors (Lipinski definition) is 1. The van der Waals surface area contributed by atoms with E-state index >= 15 is 0 Å². The van der Waals surface area contributed by atoms with E-state index in [9.17, 15) is 4.79 Å². The summed E-state index contributed by atoms with van der Waals surface area (Å²) in [5, 5.41) is 8.78. The zero-order valence-electron chi connectivity index (χ0n) is 10.3. The first-order chi connectivity index (χ1) is 8.61. The lowest BCUT2D eigenvalue weighted by Crippen LogP contribution is -2.05. The molecule has 1 N–H and O–H groups in total. The van der Waals surface area contributed by atoms with E-state index in [1.165, 1.54) is 0 Å². The number of carbonyl (C=O) groups is 1. The van der Waals surface area contributed by atoms with Crippen LogP contribution in [-0.2, 0) is 18.3 Å². The SMILES string of the molecule is COc1ccc(-c2ncc(CC(=O)O)n2C)cc1. The first-order valence-electron chi connectivity index (χ1n) is 5.48. The number of nitrogens with zero attached hydrogens (tertiary/aromatic N) is 2. The van der Waals surface area contributed by atoms with Crippen molar-refractivity contribution in [3.63, 3.8) is 0 Å². The van der Waals surface area contributed by atoms with Crippen LogP contribution in [-0.4, -0.2) is 27.7 Å². The molecule has 18 heavy (non-hydrogen) atoms. The number of carboxylic acids is 1. The van der Waals surface area contributed by atoms with Gasteiger partial charge >= 0.3 is 5.97 Å². The molecule has 0 radical (unpaired) electrons. The van der Waals surface area contributed by atoms with Crippen molar-refractivity contribution in [2.75, 3.05) is 7.11 Å². The fraction of sp³-hybridized carbons (Fsp3) is 0.231. The van der Waals surface area contributed by atoms with Gasteiger partial charge in [0.15, 0.2) is 0 Å². The minimum absolute atomic E-state index is 0.0281. The molecule has 5 heteroatoms. The zero-order chi connectivity index (χ0) is 13.1. The second-order valence-corrected chi connectivity index (χ2v) is 3.93. The first kappa shape index (κ1) is 12.2. The van der Waals surface area contributed by atoms with Gasteiger partial charge in [-0.15, -0.1) is 0 Å². The van der Waals surface area contributed by atoms with E-state index in [0.717, 1.165) is 17.1 Å². The quantitative estimate of drug-likeness (QED) is 0.892. The lowest BCUT2D eigenvalue weighted by atomic mass is 10.2. The van der Waals surface area contributed by atoms with Crippen LogP contribution in [0.1, 0.15) is 5.69 Å². The van der Waals surface area contributed by atoms with Crippen LogP contribution in [0.2, 0.25) is 0 Å². The Hall–Kier alpha value is -2.30. The standard InChI is InChI=1S/C13H14N2O3/c1-15-10(7-12(16)17)8-14-13(15)9-3-5-11(18-2)6-4-9/h3-6,8H,7H2,1-2H3,(H,16,17). The smallest absolute Gasteiger partial charge is 0.309 e. The van der Waals surface area contributed by atoms with Gasteiger partial charge < -0.3 is 14.4 Å². The van der Waals surface area contributed by atoms with Gasteiger partial charge in [0.05, 0.1) is 13.5 Å². The van der Waals surface area contributed by atoms with E-state index < -0.39 is 5.97 Å². The van der Waals surface area contributed by atoms with Gasteiger partial charge in [-0.25, -0.2) is 4.98 Å². The fourth-order valence-electron chi connectivity index (χ4n) is 1.77. The van der Waals surface area contributed by atoms with Gasteiger partial charge in [0.2, 0.25) is 0 Å². The Balaban J connectivity index is 2.32. The molecule has 0 unspecified atom stereocenters. The average Bonchev–Trinajstić information content (AvgIpc) is 2.71. The van der Waals surface area contributed by atoms with Crippen molar-refractivity contribution in [2.45, 2.75) is 6.42 Å². The van der Waals surface area contributed by atoms with E-state index in [0.29, 0.717) is 5.69 Å². The summed E-state index contributed by atoms with van der Waals surface area (Å²) in [4.78, 5) is 14.9. The molecule has 0 aliphatic rings. The summed E-state index contributed by atoms with van der Waals surface area (Å²) in [6.07, 6.45) is 1.56. The van der Waals surface area contributed by atoms with Gasteiger partial charge in [0.1, 0.15) is 11.6 Å². The number of imidazole rings is 1. The van der Waals surface area contributed by atoms with Crippen molar-refractivity contribution in [3.8, 4) is 17.1 Å². The maximum atomic E-state index is 10.7. The molecule has 0 spiro atoms. The largest absolute Gasteiger partial charge is 0.497 e. The lowest BCUT2D eigenvalue weighted by molar-refractivity contribution is -0.136. The number of aliphatic carboxylic acids is 1. The van der Waals surface area contributed by atoms with Crippen molar-refractivity contribution in [3.05, 3.63) is 36.2 Å². The molecule has 1 aromatic heterocycles. The first-order valence-corrected chi connectivity index (χ1v) is 5.48. The van der Waals surface area contributed by atoms with Gasteiger partial charge in [-0.2, -0.15) is 0 Å². The van der Waals surface area contributed by atoms with Gasteiger partial charge in [-0.3, -0.25) is 4.79 Å². The molecule has 0 bridgehead atoms. The lowest BCUT2D eigenvalue weighted by Gasteiger charge is -2.05. The van der Waals surface area contributed by atoms with Gasteiger partial charge in [0, 0.05) is 24.5 Å². The fourth-order valence-corrected chi connectivity index (χ4v) is 1.77. The Labute approximate surface area is 105 Å². The molecule has 94 valence electrons. The van der Waals surface area contributed by atoms with E-state index in [1.54, 1.807) is 17.9 Å². The number of hydrogen-bond acceptors (Lipinski definition) is 3. The average molecular weight is 246 g/mol. The van der Waals surface area contributed by atoms with Crippen LogP contribution in [0.4, 0.5) is 0 Å². The molecule has 0 saturated heterocycles. The summed E-state index contributed by atoms with van der Waals surface area (Å²) >= 11 is 0. The molecule has 1 heterocycles. The topological polar surface area (TPSA) is 64.3 Å². The van der Waals surface area contributed by atoms with Crippen LogP contribution >= 0.6 is 0 Å². The number of methoxy groups -OCH3 is 1. The van der Waals surface area contributed by atoms with Crippen molar-refractivity contribution >= 4 is 5.97 Å². The minimum atomic E-state index is -0.862. The predicted molar refractivity (Wildman–Crippen MR) is 66.5 cm³/mol. The highest BCUT2D eigenvalue weighted by Gasteiger charge is 2.11. The maximum absolute atomic E-state index is 10.7. The van der Waals surface area contributed by atoms with Crippen molar-refractivity contribution in [1.82, 2.24) is 9.55 Å². The third-order valence-corrected chi connectivity index (χ3v) is 2.76. The highest BCUT2D eigenvalue weighted by molar-refractivity contribution is 5.70. The number of ether oxygens (including phenoxy) is 1. The van der Waals surface area contributed by atoms with E-state index in [4.69, 9.17) is 9.84 Å². The van der Waals surface area contributed by atoms with Crippen molar-refractivity contribution in [2.24, 2.45) is 7.05 Å². The summed E-state index contributed by atoms with van der Waals surface area (Å²) in [5.74, 6) is 0.659. The third-order valence-electron chi connectivity index (χ3n) is 2.76. The Bertz CT molecular complexity index is 558. The van der Waals surface area contributed by atoms with Gasteiger partial charge in [-0.05, 0) is 24.3 Å². The molecule has 0 saturated carbocycles. The van der Waals surface area contributed by atoms with Crippen LogP contribution < -0.4 is 4.74 Å². The molecule has 1 aromatic carbocycles. The van der Waals surface area contributed by atoms with Gasteiger partial charge in [0.25, 0.3) is 0 Å². The van der Waals surface area contributed by atoms with E-state index in [-0.39, 0.29) is 6.42 Å². The number of aromatic nitrogens is 2. The number of rotatable bonds is 4. The van der Waals surface area contributed by atoms with E-state index in [2.05, 4.69) is 4.98 Å². The second-order valence-electron chi connectivity index (χ2n) is 3.93. The van der Waals surface area contributed by atoms with Crippen molar-refractivity contribution in [1.29, 1.82) is 0 Å². The summed E-state index contributed by atoms with van der Waals surface area (Å²) in [5.41, 5.74) is 1.60. The Morgan fingerprint density at radius 3 is 2.61 bits per heavy atom. The Morgan fingerprint density at radius 2 is 2.06 bits per heavy atom. The molecular weight excluding hydrogens is 232 g/mol. The Morgan fingerprint density at radius 1 is 1.39 bits per heavy atom. The molecule has 0 atom stereocenters. The predicted octanol–water partition coefficient (Wildman–Crippen LogP) is 1.72. The molecule has 0 amide bonds. The normalized spacial score (nSPS) is 10.3. The summed E-state index contributed by atoms with van der Waals surface area (Å²) in [7, 11) is 3.42. The highest BCUT2D eigenvalue weighted by Crippen LogP contribution is 2.21. The summed E-state index contributed by atoms with van der Waals surface area (Å²) in [6, 6.07) is 7.49. The van der Waals surface area contributed by atoms with Crippen molar-refractivity contribution < 1.29 is 14.6 Å². The van der Waals surface area contributed by atoms with Crippen LogP contribution in [0.25, 0.3) is 11.4 Å². The summed E-state index contributed by atoms with van der Waals surface area (Å²) in [6.45, 7) is 0. The molecule has 0 aliphatic heterocycles. The zero-order valence-corrected chi connectivity index (χ0v) is 10.3. The maximum Gasteiger partial charge on any atom is 0.309 e. The van der Waals surface area contributed by atoms with Crippen LogP contribution in [0.5, 0.6) is 5.75 Å². The molecule has 2 aromatic rings.